The van der Waals surface area contributed by atoms with Crippen LogP contribution in [0.5, 0.6) is 0 Å². The molecule has 1 aliphatic heterocycles. The maximum Gasteiger partial charge on any atom is 0.169 e. The zero-order valence-corrected chi connectivity index (χ0v) is 15.4. The van der Waals surface area contributed by atoms with Gasteiger partial charge in [-0.1, -0.05) is 19.1 Å². The number of benzene rings is 1. The summed E-state index contributed by atoms with van der Waals surface area (Å²) in [4.78, 5) is 4.57. The summed E-state index contributed by atoms with van der Waals surface area (Å²) in [5.74, 6) is -0.209. The lowest BCUT2D eigenvalue weighted by Crippen LogP contribution is -2.47. The van der Waals surface area contributed by atoms with E-state index in [9.17, 15) is 4.39 Å². The lowest BCUT2D eigenvalue weighted by atomic mass is 10.2. The predicted octanol–water partition coefficient (Wildman–Crippen LogP) is 2.63. The van der Waals surface area contributed by atoms with Crippen molar-refractivity contribution in [2.75, 3.05) is 39.4 Å². The third kappa shape index (κ3) is 6.34. The first-order valence-corrected chi connectivity index (χ1v) is 9.09. The van der Waals surface area contributed by atoms with Gasteiger partial charge < -0.3 is 15.0 Å². The van der Waals surface area contributed by atoms with Gasteiger partial charge in [-0.3, -0.25) is 4.90 Å². The van der Waals surface area contributed by atoms with Crippen molar-refractivity contribution in [2.24, 2.45) is 0 Å². The monoisotopic (exact) mass is 353 g/mol. The van der Waals surface area contributed by atoms with Gasteiger partial charge in [-0.05, 0) is 43.3 Å². The van der Waals surface area contributed by atoms with Crippen LogP contribution in [0.4, 0.5) is 4.39 Å². The summed E-state index contributed by atoms with van der Waals surface area (Å²) in [6, 6.07) is 6.99. The highest BCUT2D eigenvalue weighted by Gasteiger charge is 2.16. The molecule has 1 saturated heterocycles. The van der Waals surface area contributed by atoms with Crippen molar-refractivity contribution in [3.63, 3.8) is 0 Å². The van der Waals surface area contributed by atoms with Crippen LogP contribution in [-0.2, 0) is 11.3 Å². The normalized spacial score (nSPS) is 16.6. The van der Waals surface area contributed by atoms with Gasteiger partial charge in [0.05, 0.1) is 13.2 Å². The quantitative estimate of drug-likeness (QED) is 0.761. The van der Waals surface area contributed by atoms with E-state index in [0.29, 0.717) is 12.6 Å². The third-order valence-corrected chi connectivity index (χ3v) is 4.72. The number of nitrogens with zero attached hydrogens (tertiary/aromatic N) is 2. The van der Waals surface area contributed by atoms with Crippen molar-refractivity contribution in [2.45, 2.75) is 32.9 Å². The van der Waals surface area contributed by atoms with Crippen LogP contribution < -0.4 is 5.32 Å². The number of halogens is 1. The second-order valence-electron chi connectivity index (χ2n) is 6.26. The lowest BCUT2D eigenvalue weighted by molar-refractivity contribution is 0.0357. The van der Waals surface area contributed by atoms with Crippen LogP contribution in [0.15, 0.2) is 24.3 Å². The van der Waals surface area contributed by atoms with E-state index in [-0.39, 0.29) is 5.82 Å². The van der Waals surface area contributed by atoms with Crippen LogP contribution in [0.2, 0.25) is 0 Å². The third-order valence-electron chi connectivity index (χ3n) is 4.35. The molecule has 0 bridgehead atoms. The number of hydrogen-bond donors (Lipinski definition) is 1. The van der Waals surface area contributed by atoms with Gasteiger partial charge in [0, 0.05) is 38.8 Å². The first kappa shape index (κ1) is 19.1. The molecule has 1 atom stereocenters. The molecule has 1 unspecified atom stereocenters. The molecule has 0 aromatic heterocycles. The molecule has 24 heavy (non-hydrogen) atoms. The molecule has 0 aliphatic carbocycles. The highest BCUT2D eigenvalue weighted by Crippen LogP contribution is 2.08. The Hall–Kier alpha value is -1.24. The molecule has 0 spiro atoms. The molecule has 1 heterocycles. The minimum absolute atomic E-state index is 0.209. The average molecular weight is 354 g/mol. The first-order chi connectivity index (χ1) is 11.6. The van der Waals surface area contributed by atoms with E-state index in [1.165, 1.54) is 12.1 Å². The van der Waals surface area contributed by atoms with Gasteiger partial charge in [0.15, 0.2) is 5.11 Å². The maximum atomic E-state index is 13.1. The van der Waals surface area contributed by atoms with Crippen LogP contribution in [0, 0.1) is 5.82 Å². The fourth-order valence-electron chi connectivity index (χ4n) is 2.55. The Bertz CT molecular complexity index is 505. The SMILES string of the molecule is CCC(C)NC(=S)N(CCN1CCOCC1)Cc1ccc(F)cc1. The molecule has 6 heteroatoms. The van der Waals surface area contributed by atoms with Gasteiger partial charge in [0.1, 0.15) is 5.82 Å². The largest absolute Gasteiger partial charge is 0.379 e. The summed E-state index contributed by atoms with van der Waals surface area (Å²) < 4.78 is 18.5. The maximum absolute atomic E-state index is 13.1. The molecular formula is C18H28FN3OS. The fourth-order valence-corrected chi connectivity index (χ4v) is 2.91. The van der Waals surface area contributed by atoms with Crippen LogP contribution in [0.1, 0.15) is 25.8 Å². The Morgan fingerprint density at radius 1 is 1.33 bits per heavy atom. The predicted molar refractivity (Wildman–Crippen MR) is 99.6 cm³/mol. The summed E-state index contributed by atoms with van der Waals surface area (Å²) in [6.07, 6.45) is 1.02. The van der Waals surface area contributed by atoms with Crippen molar-refractivity contribution in [3.05, 3.63) is 35.6 Å². The van der Waals surface area contributed by atoms with E-state index in [1.54, 1.807) is 0 Å². The molecular weight excluding hydrogens is 325 g/mol. The molecule has 0 radical (unpaired) electrons. The number of nitrogens with one attached hydrogen (secondary N) is 1. The highest BCUT2D eigenvalue weighted by atomic mass is 32.1. The van der Waals surface area contributed by atoms with E-state index >= 15 is 0 Å². The van der Waals surface area contributed by atoms with Gasteiger partial charge in [-0.15, -0.1) is 0 Å². The second kappa shape index (κ2) is 9.91. The van der Waals surface area contributed by atoms with Gasteiger partial charge in [-0.2, -0.15) is 0 Å². The topological polar surface area (TPSA) is 27.7 Å². The Morgan fingerprint density at radius 2 is 2.00 bits per heavy atom. The average Bonchev–Trinajstić information content (AvgIpc) is 2.60. The van der Waals surface area contributed by atoms with Gasteiger partial charge >= 0.3 is 0 Å². The number of morpholine rings is 1. The summed E-state index contributed by atoms with van der Waals surface area (Å²) in [6.45, 7) is 10.3. The molecule has 1 aromatic rings. The van der Waals surface area contributed by atoms with E-state index in [2.05, 4.69) is 29.0 Å². The molecule has 2 rings (SSSR count). The van der Waals surface area contributed by atoms with Crippen molar-refractivity contribution >= 4 is 17.3 Å². The molecule has 1 fully saturated rings. The zero-order chi connectivity index (χ0) is 17.4. The van der Waals surface area contributed by atoms with Crippen molar-refractivity contribution in [3.8, 4) is 0 Å². The van der Waals surface area contributed by atoms with Gasteiger partial charge in [-0.25, -0.2) is 4.39 Å². The van der Waals surface area contributed by atoms with Crippen LogP contribution in [0.25, 0.3) is 0 Å². The molecule has 1 aliphatic rings. The van der Waals surface area contributed by atoms with Crippen LogP contribution in [-0.4, -0.2) is 60.3 Å². The van der Waals surface area contributed by atoms with E-state index in [1.807, 2.05) is 12.1 Å². The van der Waals surface area contributed by atoms with E-state index in [4.69, 9.17) is 17.0 Å². The van der Waals surface area contributed by atoms with E-state index < -0.39 is 0 Å². The van der Waals surface area contributed by atoms with E-state index in [0.717, 1.165) is 56.5 Å². The van der Waals surface area contributed by atoms with Crippen LogP contribution >= 0.6 is 12.2 Å². The Labute approximate surface area is 150 Å². The number of thiocarbonyl (C=S) groups is 1. The highest BCUT2D eigenvalue weighted by molar-refractivity contribution is 7.80. The van der Waals surface area contributed by atoms with Gasteiger partial charge in [0.2, 0.25) is 0 Å². The Balaban J connectivity index is 1.96. The minimum atomic E-state index is -0.209. The molecule has 1 N–H and O–H groups in total. The molecule has 4 nitrogen and oxygen atoms in total. The number of ether oxygens (including phenoxy) is 1. The van der Waals surface area contributed by atoms with Crippen LogP contribution in [0.3, 0.4) is 0 Å². The standard InChI is InChI=1S/C18H28FN3OS/c1-3-15(2)20-18(24)22(9-8-21-10-12-23-13-11-21)14-16-4-6-17(19)7-5-16/h4-7,15H,3,8-14H2,1-2H3,(H,20,24). The second-order valence-corrected chi connectivity index (χ2v) is 6.65. The minimum Gasteiger partial charge on any atom is -0.379 e. The molecule has 1 aromatic carbocycles. The zero-order valence-electron chi connectivity index (χ0n) is 14.6. The number of hydrogen-bond acceptors (Lipinski definition) is 3. The van der Waals surface area contributed by atoms with Gasteiger partial charge in [0.25, 0.3) is 0 Å². The molecule has 134 valence electrons. The number of rotatable bonds is 7. The lowest BCUT2D eigenvalue weighted by Gasteiger charge is -2.32. The van der Waals surface area contributed by atoms with Crippen molar-refractivity contribution in [1.29, 1.82) is 0 Å². The molecule has 0 saturated carbocycles. The summed E-state index contributed by atoms with van der Waals surface area (Å²) in [5, 5.41) is 4.15. The fraction of sp³-hybridized carbons (Fsp3) is 0.611. The Morgan fingerprint density at radius 3 is 2.62 bits per heavy atom. The summed E-state index contributed by atoms with van der Waals surface area (Å²) in [7, 11) is 0. The van der Waals surface area contributed by atoms with Crippen molar-refractivity contribution in [1.82, 2.24) is 15.1 Å². The Kier molecular flexibility index (Phi) is 7.88. The smallest absolute Gasteiger partial charge is 0.169 e. The summed E-state index contributed by atoms with van der Waals surface area (Å²) in [5.41, 5.74) is 1.06. The van der Waals surface area contributed by atoms with Crippen molar-refractivity contribution < 1.29 is 9.13 Å². The molecule has 0 amide bonds. The first-order valence-electron chi connectivity index (χ1n) is 8.68. The summed E-state index contributed by atoms with van der Waals surface area (Å²) >= 11 is 5.61.